The van der Waals surface area contributed by atoms with E-state index in [1.165, 1.54) is 0 Å². The third-order valence-electron chi connectivity index (χ3n) is 2.80. The molecule has 1 atom stereocenters. The van der Waals surface area contributed by atoms with E-state index >= 15 is 0 Å². The van der Waals surface area contributed by atoms with E-state index < -0.39 is 0 Å². The maximum absolute atomic E-state index is 11.9. The van der Waals surface area contributed by atoms with E-state index in [-0.39, 0.29) is 23.4 Å². The van der Waals surface area contributed by atoms with Crippen molar-refractivity contribution in [2.24, 2.45) is 5.73 Å². The van der Waals surface area contributed by atoms with Gasteiger partial charge in [0.1, 0.15) is 6.04 Å². The molecular weight excluding hydrogens is 206 g/mol. The van der Waals surface area contributed by atoms with Crippen molar-refractivity contribution in [2.45, 2.75) is 45.2 Å². The molecule has 1 rings (SSSR count). The highest BCUT2D eigenvalue weighted by atomic mass is 16.2. The molecule has 5 nitrogen and oxygen atoms in total. The number of carbonyl (C=O) groups is 2. The molecule has 2 amide bonds. The highest BCUT2D eigenvalue weighted by Gasteiger charge is 2.29. The molecule has 0 bridgehead atoms. The molecular formula is C11H21N3O2. The molecule has 0 saturated carbocycles. The number of nitrogens with zero attached hydrogens (tertiary/aromatic N) is 1. The van der Waals surface area contributed by atoms with E-state index in [4.69, 9.17) is 5.73 Å². The van der Waals surface area contributed by atoms with Crippen LogP contribution < -0.4 is 11.1 Å². The Morgan fingerprint density at radius 1 is 1.62 bits per heavy atom. The molecule has 1 aliphatic heterocycles. The number of hydrogen-bond donors (Lipinski definition) is 2. The molecule has 0 aromatic carbocycles. The van der Waals surface area contributed by atoms with Gasteiger partial charge in [0.15, 0.2) is 0 Å². The SMILES string of the molecule is CC1C(=O)NCCN1C(=O)CCC(C)(C)N. The summed E-state index contributed by atoms with van der Waals surface area (Å²) >= 11 is 0. The van der Waals surface area contributed by atoms with Gasteiger partial charge in [-0.2, -0.15) is 0 Å². The highest BCUT2D eigenvalue weighted by Crippen LogP contribution is 2.12. The molecule has 0 spiro atoms. The first-order chi connectivity index (χ1) is 7.31. The Kier molecular flexibility index (Phi) is 3.91. The van der Waals surface area contributed by atoms with E-state index in [1.54, 1.807) is 11.8 Å². The zero-order chi connectivity index (χ0) is 12.3. The Labute approximate surface area is 96.4 Å². The molecule has 0 radical (unpaired) electrons. The van der Waals surface area contributed by atoms with Crippen LogP contribution in [0.15, 0.2) is 0 Å². The third kappa shape index (κ3) is 3.48. The van der Waals surface area contributed by atoms with Gasteiger partial charge in [-0.25, -0.2) is 0 Å². The van der Waals surface area contributed by atoms with Gasteiger partial charge in [-0.1, -0.05) is 0 Å². The lowest BCUT2D eigenvalue weighted by atomic mass is 9.99. The predicted octanol–water partition coefficient (Wildman–Crippen LogP) is -0.149. The van der Waals surface area contributed by atoms with E-state index in [9.17, 15) is 9.59 Å². The maximum Gasteiger partial charge on any atom is 0.242 e. The van der Waals surface area contributed by atoms with Gasteiger partial charge in [-0.05, 0) is 27.2 Å². The molecule has 1 aliphatic rings. The molecule has 1 saturated heterocycles. The summed E-state index contributed by atoms with van der Waals surface area (Å²) in [6, 6.07) is -0.359. The first kappa shape index (κ1) is 13.0. The average molecular weight is 227 g/mol. The van der Waals surface area contributed by atoms with Gasteiger partial charge in [0, 0.05) is 25.0 Å². The van der Waals surface area contributed by atoms with E-state index in [0.717, 1.165) is 0 Å². The average Bonchev–Trinajstić information content (AvgIpc) is 2.17. The van der Waals surface area contributed by atoms with Gasteiger partial charge in [0.05, 0.1) is 0 Å². The van der Waals surface area contributed by atoms with E-state index in [2.05, 4.69) is 5.32 Å². The van der Waals surface area contributed by atoms with Gasteiger partial charge in [-0.15, -0.1) is 0 Å². The number of nitrogens with two attached hydrogens (primary N) is 1. The largest absolute Gasteiger partial charge is 0.353 e. The standard InChI is InChI=1S/C11H21N3O2/c1-8-10(16)13-6-7-14(8)9(15)4-5-11(2,3)12/h8H,4-7,12H2,1-3H3,(H,13,16). The lowest BCUT2D eigenvalue weighted by molar-refractivity contribution is -0.142. The minimum atomic E-state index is -0.359. The van der Waals surface area contributed by atoms with Gasteiger partial charge in [0.25, 0.3) is 0 Å². The number of nitrogens with one attached hydrogen (secondary N) is 1. The number of carbonyl (C=O) groups excluding carboxylic acids is 2. The number of rotatable bonds is 3. The summed E-state index contributed by atoms with van der Waals surface area (Å²) in [5, 5.41) is 2.73. The van der Waals surface area contributed by atoms with Crippen molar-refractivity contribution < 1.29 is 9.59 Å². The van der Waals surface area contributed by atoms with Gasteiger partial charge < -0.3 is 16.0 Å². The molecule has 1 fully saturated rings. The molecule has 0 aromatic rings. The fourth-order valence-electron chi connectivity index (χ4n) is 1.70. The predicted molar refractivity (Wildman–Crippen MR) is 61.7 cm³/mol. The van der Waals surface area contributed by atoms with Crippen LogP contribution in [0, 0.1) is 0 Å². The molecule has 0 aromatic heterocycles. The topological polar surface area (TPSA) is 75.4 Å². The van der Waals surface area contributed by atoms with Gasteiger partial charge in [0.2, 0.25) is 11.8 Å². The van der Waals surface area contributed by atoms with Crippen molar-refractivity contribution in [3.05, 3.63) is 0 Å². The normalized spacial score (nSPS) is 21.9. The second-order valence-electron chi connectivity index (χ2n) is 5.04. The monoisotopic (exact) mass is 227 g/mol. The lowest BCUT2D eigenvalue weighted by Crippen LogP contribution is -2.56. The van der Waals surface area contributed by atoms with Crippen LogP contribution in [0.5, 0.6) is 0 Å². The third-order valence-corrected chi connectivity index (χ3v) is 2.80. The van der Waals surface area contributed by atoms with Gasteiger partial charge in [-0.3, -0.25) is 9.59 Å². The molecule has 5 heteroatoms. The van der Waals surface area contributed by atoms with Crippen LogP contribution in [0.2, 0.25) is 0 Å². The van der Waals surface area contributed by atoms with Crippen LogP contribution in [0.1, 0.15) is 33.6 Å². The van der Waals surface area contributed by atoms with Crippen molar-refractivity contribution in [2.75, 3.05) is 13.1 Å². The smallest absolute Gasteiger partial charge is 0.242 e. The Balaban J connectivity index is 2.50. The summed E-state index contributed by atoms with van der Waals surface area (Å²) < 4.78 is 0. The maximum atomic E-state index is 11.9. The van der Waals surface area contributed by atoms with E-state index in [1.807, 2.05) is 13.8 Å². The zero-order valence-electron chi connectivity index (χ0n) is 10.2. The second kappa shape index (κ2) is 4.82. The Morgan fingerprint density at radius 3 is 2.81 bits per heavy atom. The Bertz CT molecular complexity index is 283. The van der Waals surface area contributed by atoms with E-state index in [0.29, 0.717) is 25.9 Å². The van der Waals surface area contributed by atoms with Crippen LogP contribution >= 0.6 is 0 Å². The fraction of sp³-hybridized carbons (Fsp3) is 0.818. The number of amides is 2. The number of hydrogen-bond acceptors (Lipinski definition) is 3. The fourth-order valence-corrected chi connectivity index (χ4v) is 1.70. The van der Waals surface area contributed by atoms with Crippen molar-refractivity contribution in [1.82, 2.24) is 10.2 Å². The zero-order valence-corrected chi connectivity index (χ0v) is 10.2. The van der Waals surface area contributed by atoms with Crippen LogP contribution in [-0.4, -0.2) is 41.4 Å². The molecule has 16 heavy (non-hydrogen) atoms. The van der Waals surface area contributed by atoms with Crippen LogP contribution in [0.25, 0.3) is 0 Å². The molecule has 0 aliphatic carbocycles. The highest BCUT2D eigenvalue weighted by molar-refractivity contribution is 5.88. The summed E-state index contributed by atoms with van der Waals surface area (Å²) in [7, 11) is 0. The summed E-state index contributed by atoms with van der Waals surface area (Å²) in [6.45, 7) is 6.68. The van der Waals surface area contributed by atoms with Crippen molar-refractivity contribution in [3.8, 4) is 0 Å². The summed E-state index contributed by atoms with van der Waals surface area (Å²) in [5.41, 5.74) is 5.49. The minimum Gasteiger partial charge on any atom is -0.353 e. The molecule has 3 N–H and O–H groups in total. The Morgan fingerprint density at radius 2 is 2.25 bits per heavy atom. The molecule has 1 heterocycles. The summed E-state index contributed by atoms with van der Waals surface area (Å²) in [5.74, 6) is -0.0625. The lowest BCUT2D eigenvalue weighted by Gasteiger charge is -2.33. The quantitative estimate of drug-likeness (QED) is 0.704. The second-order valence-corrected chi connectivity index (χ2v) is 5.04. The summed E-state index contributed by atoms with van der Waals surface area (Å²) in [6.07, 6.45) is 1.04. The van der Waals surface area contributed by atoms with Gasteiger partial charge >= 0.3 is 0 Å². The number of piperazine rings is 1. The van der Waals surface area contributed by atoms with Crippen LogP contribution in [-0.2, 0) is 9.59 Å². The van der Waals surface area contributed by atoms with Crippen molar-refractivity contribution in [3.63, 3.8) is 0 Å². The first-order valence-corrected chi connectivity index (χ1v) is 5.67. The summed E-state index contributed by atoms with van der Waals surface area (Å²) in [4.78, 5) is 24.9. The minimum absolute atomic E-state index is 0.0147. The van der Waals surface area contributed by atoms with Crippen molar-refractivity contribution in [1.29, 1.82) is 0 Å². The van der Waals surface area contributed by atoms with Crippen molar-refractivity contribution >= 4 is 11.8 Å². The Hall–Kier alpha value is -1.10. The van der Waals surface area contributed by atoms with Crippen LogP contribution in [0.4, 0.5) is 0 Å². The molecule has 92 valence electrons. The molecule has 1 unspecified atom stereocenters. The first-order valence-electron chi connectivity index (χ1n) is 5.67. The van der Waals surface area contributed by atoms with Crippen LogP contribution in [0.3, 0.4) is 0 Å².